The lowest BCUT2D eigenvalue weighted by atomic mass is 9.96. The Morgan fingerprint density at radius 1 is 1.38 bits per heavy atom. The summed E-state index contributed by atoms with van der Waals surface area (Å²) in [5.41, 5.74) is 11.6. The maximum absolute atomic E-state index is 13.3. The summed E-state index contributed by atoms with van der Waals surface area (Å²) in [6.45, 7) is 5.33. The van der Waals surface area contributed by atoms with Gasteiger partial charge in [-0.15, -0.1) is 0 Å². The van der Waals surface area contributed by atoms with Gasteiger partial charge in [-0.05, 0) is 36.2 Å². The zero-order valence-electron chi connectivity index (χ0n) is 18.4. The SMILES string of the molecule is CC1(C)[C@@H]2C(C(=O)N[C@@H](C[C@@H]3CCNC3=O)C(N)=O)N(C(=O)[C@@H](N)Cn3cccn3)C[C@@H]21. The quantitative estimate of drug-likeness (QED) is 0.368. The third-order valence-corrected chi connectivity index (χ3v) is 7.36. The third kappa shape index (κ3) is 3.96. The molecule has 0 bridgehead atoms. The van der Waals surface area contributed by atoms with E-state index >= 15 is 0 Å². The summed E-state index contributed by atoms with van der Waals surface area (Å²) in [5.74, 6) is -1.80. The third-order valence-electron chi connectivity index (χ3n) is 7.36. The van der Waals surface area contributed by atoms with Gasteiger partial charge < -0.3 is 27.0 Å². The van der Waals surface area contributed by atoms with Crippen molar-refractivity contribution in [1.82, 2.24) is 25.3 Å². The molecule has 6 N–H and O–H groups in total. The minimum absolute atomic E-state index is 0.0216. The Labute approximate surface area is 186 Å². The van der Waals surface area contributed by atoms with Crippen molar-refractivity contribution in [1.29, 1.82) is 0 Å². The average molecular weight is 446 g/mol. The van der Waals surface area contributed by atoms with Gasteiger partial charge in [-0.3, -0.25) is 23.9 Å². The van der Waals surface area contributed by atoms with E-state index < -0.39 is 29.9 Å². The molecule has 1 saturated carbocycles. The Hall–Kier alpha value is -2.95. The van der Waals surface area contributed by atoms with Gasteiger partial charge in [0.15, 0.2) is 0 Å². The van der Waals surface area contributed by atoms with Gasteiger partial charge in [0.1, 0.15) is 18.1 Å². The molecule has 3 aliphatic rings. The van der Waals surface area contributed by atoms with Crippen LogP contribution in [0.4, 0.5) is 0 Å². The van der Waals surface area contributed by atoms with Crippen LogP contribution in [0.25, 0.3) is 0 Å². The number of hydrogen-bond donors (Lipinski definition) is 4. The fourth-order valence-electron chi connectivity index (χ4n) is 5.37. The van der Waals surface area contributed by atoms with Crippen molar-refractivity contribution >= 4 is 23.6 Å². The van der Waals surface area contributed by atoms with Gasteiger partial charge in [0.25, 0.3) is 0 Å². The molecule has 11 nitrogen and oxygen atoms in total. The maximum atomic E-state index is 13.3. The number of primary amides is 1. The molecule has 4 rings (SSSR count). The normalized spacial score (nSPS) is 29.7. The topological polar surface area (TPSA) is 165 Å². The molecule has 0 aromatic carbocycles. The van der Waals surface area contributed by atoms with Crippen molar-refractivity contribution in [2.45, 2.75) is 51.4 Å². The number of hydrogen-bond acceptors (Lipinski definition) is 6. The largest absolute Gasteiger partial charge is 0.368 e. The Morgan fingerprint density at radius 2 is 2.12 bits per heavy atom. The highest BCUT2D eigenvalue weighted by molar-refractivity contribution is 5.94. The van der Waals surface area contributed by atoms with E-state index in [1.54, 1.807) is 23.1 Å². The number of nitrogens with zero attached hydrogens (tertiary/aromatic N) is 3. The maximum Gasteiger partial charge on any atom is 0.243 e. The van der Waals surface area contributed by atoms with Crippen LogP contribution < -0.4 is 22.1 Å². The van der Waals surface area contributed by atoms with Crippen LogP contribution in [-0.2, 0) is 25.7 Å². The molecule has 3 fully saturated rings. The number of likely N-dealkylation sites (tertiary alicyclic amines) is 1. The molecule has 1 unspecified atom stereocenters. The summed E-state index contributed by atoms with van der Waals surface area (Å²) >= 11 is 0. The van der Waals surface area contributed by atoms with Gasteiger partial charge in [0.2, 0.25) is 23.6 Å². The van der Waals surface area contributed by atoms with Crippen LogP contribution in [0, 0.1) is 23.2 Å². The molecule has 1 aromatic rings. The van der Waals surface area contributed by atoms with Crippen LogP contribution in [0.1, 0.15) is 26.7 Å². The molecule has 6 atom stereocenters. The second kappa shape index (κ2) is 8.19. The molecule has 11 heteroatoms. The van der Waals surface area contributed by atoms with E-state index in [0.29, 0.717) is 19.5 Å². The summed E-state index contributed by atoms with van der Waals surface area (Å²) in [4.78, 5) is 51.9. The van der Waals surface area contributed by atoms with Crippen LogP contribution in [0.5, 0.6) is 0 Å². The van der Waals surface area contributed by atoms with Crippen molar-refractivity contribution in [2.24, 2.45) is 34.6 Å². The van der Waals surface area contributed by atoms with Gasteiger partial charge in [-0.2, -0.15) is 5.10 Å². The smallest absolute Gasteiger partial charge is 0.243 e. The summed E-state index contributed by atoms with van der Waals surface area (Å²) in [7, 11) is 0. The van der Waals surface area contributed by atoms with Crippen LogP contribution in [0.15, 0.2) is 18.5 Å². The molecule has 0 spiro atoms. The van der Waals surface area contributed by atoms with Crippen molar-refractivity contribution in [3.63, 3.8) is 0 Å². The summed E-state index contributed by atoms with van der Waals surface area (Å²) < 4.78 is 1.58. The lowest BCUT2D eigenvalue weighted by Gasteiger charge is -2.32. The number of amides is 4. The second-order valence-corrected chi connectivity index (χ2v) is 9.70. The van der Waals surface area contributed by atoms with Gasteiger partial charge in [0.05, 0.1) is 6.54 Å². The van der Waals surface area contributed by atoms with Crippen molar-refractivity contribution in [3.8, 4) is 0 Å². The molecule has 2 aliphatic heterocycles. The zero-order valence-corrected chi connectivity index (χ0v) is 18.4. The van der Waals surface area contributed by atoms with Crippen LogP contribution in [0.3, 0.4) is 0 Å². The minimum atomic E-state index is -0.980. The number of carbonyl (C=O) groups is 4. The number of nitrogens with one attached hydrogen (secondary N) is 2. The van der Waals surface area contributed by atoms with E-state index in [2.05, 4.69) is 29.6 Å². The molecule has 0 radical (unpaired) electrons. The number of carbonyl (C=O) groups excluding carboxylic acids is 4. The second-order valence-electron chi connectivity index (χ2n) is 9.70. The number of fused-ring (bicyclic) bond motifs is 1. The number of rotatable bonds is 8. The van der Waals surface area contributed by atoms with E-state index in [1.807, 2.05) is 0 Å². The highest BCUT2D eigenvalue weighted by Crippen LogP contribution is 2.64. The van der Waals surface area contributed by atoms with Crippen molar-refractivity contribution < 1.29 is 19.2 Å². The molecular weight excluding hydrogens is 414 g/mol. The monoisotopic (exact) mass is 445 g/mol. The Morgan fingerprint density at radius 3 is 2.72 bits per heavy atom. The average Bonchev–Trinajstić information content (AvgIpc) is 3.28. The predicted molar refractivity (Wildman–Crippen MR) is 113 cm³/mol. The minimum Gasteiger partial charge on any atom is -0.368 e. The molecule has 2 saturated heterocycles. The first-order chi connectivity index (χ1) is 15.1. The van der Waals surface area contributed by atoms with Gasteiger partial charge >= 0.3 is 0 Å². The van der Waals surface area contributed by atoms with Crippen LogP contribution >= 0.6 is 0 Å². The highest BCUT2D eigenvalue weighted by atomic mass is 16.2. The Balaban J connectivity index is 1.47. The number of nitrogens with two attached hydrogens (primary N) is 2. The fraction of sp³-hybridized carbons (Fsp3) is 0.667. The standard InChI is InChI=1S/C21H31N7O4/c1-21(2)12-9-28(20(32)13(22)10-27-7-3-5-25-27)16(15(12)21)19(31)26-14(17(23)29)8-11-4-6-24-18(11)30/h3,5,7,11-16H,4,6,8-10,22H2,1-2H3,(H2,23,29)(H,24,30)(H,26,31)/t11-,12-,13-,14-,15-,16?/m0/s1. The lowest BCUT2D eigenvalue weighted by Crippen LogP contribution is -2.57. The summed E-state index contributed by atoms with van der Waals surface area (Å²) in [6.07, 6.45) is 4.06. The van der Waals surface area contributed by atoms with E-state index in [0.717, 1.165) is 0 Å². The molecule has 1 aromatic heterocycles. The van der Waals surface area contributed by atoms with Gasteiger partial charge in [-0.1, -0.05) is 13.8 Å². The van der Waals surface area contributed by atoms with E-state index in [1.165, 1.54) is 4.90 Å². The van der Waals surface area contributed by atoms with Gasteiger partial charge in [0, 0.05) is 31.4 Å². The molecule has 32 heavy (non-hydrogen) atoms. The predicted octanol–water partition coefficient (Wildman–Crippen LogP) is -1.81. The summed E-state index contributed by atoms with van der Waals surface area (Å²) in [6, 6.07) is -0.812. The first kappa shape index (κ1) is 22.3. The van der Waals surface area contributed by atoms with Crippen molar-refractivity contribution in [3.05, 3.63) is 18.5 Å². The van der Waals surface area contributed by atoms with Crippen molar-refractivity contribution in [2.75, 3.05) is 13.1 Å². The van der Waals surface area contributed by atoms with E-state index in [9.17, 15) is 19.2 Å². The fourth-order valence-corrected chi connectivity index (χ4v) is 5.37. The molecule has 174 valence electrons. The summed E-state index contributed by atoms with van der Waals surface area (Å²) in [5, 5.41) is 9.53. The van der Waals surface area contributed by atoms with Crippen LogP contribution in [0.2, 0.25) is 0 Å². The Kier molecular flexibility index (Phi) is 5.70. The lowest BCUT2D eigenvalue weighted by molar-refractivity contribution is -0.142. The zero-order chi connectivity index (χ0) is 23.2. The first-order valence-corrected chi connectivity index (χ1v) is 11.0. The van der Waals surface area contributed by atoms with Crippen LogP contribution in [-0.4, -0.2) is 69.5 Å². The molecule has 4 amide bonds. The first-order valence-electron chi connectivity index (χ1n) is 11.0. The molecule has 1 aliphatic carbocycles. The highest BCUT2D eigenvalue weighted by Gasteiger charge is 2.69. The number of piperidine rings is 1. The van der Waals surface area contributed by atoms with E-state index in [4.69, 9.17) is 11.5 Å². The molecular formula is C21H31N7O4. The Bertz CT molecular complexity index is 915. The van der Waals surface area contributed by atoms with E-state index in [-0.39, 0.29) is 47.9 Å². The van der Waals surface area contributed by atoms with Gasteiger partial charge in [-0.25, -0.2) is 0 Å². The number of aromatic nitrogens is 2. The molecule has 3 heterocycles.